The molecule has 0 spiro atoms. The molecule has 0 aliphatic carbocycles. The van der Waals surface area contributed by atoms with Gasteiger partial charge in [0.1, 0.15) is 5.70 Å². The van der Waals surface area contributed by atoms with Crippen molar-refractivity contribution in [1.29, 1.82) is 5.26 Å². The zero-order valence-electron chi connectivity index (χ0n) is 9.10. The fourth-order valence-electron chi connectivity index (χ4n) is 1.44. The second-order valence-electron chi connectivity index (χ2n) is 3.59. The molecular formula is C12H9N3O2. The highest BCUT2D eigenvalue weighted by Crippen LogP contribution is 2.12. The molecule has 84 valence electrons. The van der Waals surface area contributed by atoms with E-state index >= 15 is 0 Å². The third-order valence-electron chi connectivity index (χ3n) is 2.43. The van der Waals surface area contributed by atoms with Gasteiger partial charge in [-0.05, 0) is 23.8 Å². The number of likely N-dealkylation sites (N-methyl/N-ethyl adjacent to an activating group) is 1. The average Bonchev–Trinajstić information content (AvgIpc) is 2.58. The van der Waals surface area contributed by atoms with E-state index in [1.807, 2.05) is 6.07 Å². The van der Waals surface area contributed by atoms with Gasteiger partial charge in [-0.2, -0.15) is 5.26 Å². The topological polar surface area (TPSA) is 73.2 Å². The summed E-state index contributed by atoms with van der Waals surface area (Å²) in [6.07, 6.45) is 1.57. The highest BCUT2D eigenvalue weighted by atomic mass is 16.2. The predicted octanol–water partition coefficient (Wildman–Crippen LogP) is 1.08. The summed E-state index contributed by atoms with van der Waals surface area (Å²) in [5, 5.41) is 11.1. The molecule has 0 saturated carbocycles. The summed E-state index contributed by atoms with van der Waals surface area (Å²) < 4.78 is 0. The summed E-state index contributed by atoms with van der Waals surface area (Å²) in [5.41, 5.74) is 1.54. The van der Waals surface area contributed by atoms with Crippen molar-refractivity contribution in [1.82, 2.24) is 10.2 Å². The number of nitrogens with zero attached hydrogens (tertiary/aromatic N) is 2. The fourth-order valence-corrected chi connectivity index (χ4v) is 1.44. The minimum atomic E-state index is -0.435. The molecule has 1 aliphatic rings. The first-order valence-corrected chi connectivity index (χ1v) is 4.92. The standard InChI is InChI=1S/C12H9N3O2/c1-15-11(16)10(14-12(15)17)6-8-2-4-9(7-13)5-3-8/h2-6H,1H3,(H,14,17)/b10-6+. The van der Waals surface area contributed by atoms with Gasteiger partial charge in [-0.25, -0.2) is 4.79 Å². The largest absolute Gasteiger partial charge is 0.328 e. The molecule has 1 aromatic rings. The van der Waals surface area contributed by atoms with Gasteiger partial charge in [0.05, 0.1) is 11.6 Å². The highest BCUT2D eigenvalue weighted by Gasteiger charge is 2.29. The Kier molecular flexibility index (Phi) is 2.63. The van der Waals surface area contributed by atoms with Crippen molar-refractivity contribution in [3.05, 3.63) is 41.1 Å². The Hall–Kier alpha value is -2.61. The van der Waals surface area contributed by atoms with Gasteiger partial charge < -0.3 is 5.32 Å². The molecule has 2 rings (SSSR count). The lowest BCUT2D eigenvalue weighted by atomic mass is 10.1. The summed E-state index contributed by atoms with van der Waals surface area (Å²) in [4.78, 5) is 23.8. The fraction of sp³-hybridized carbons (Fsp3) is 0.0833. The van der Waals surface area contributed by atoms with E-state index in [1.54, 1.807) is 30.3 Å². The number of nitriles is 1. The molecule has 0 aromatic heterocycles. The van der Waals surface area contributed by atoms with Crippen molar-refractivity contribution in [2.24, 2.45) is 0 Å². The molecule has 1 saturated heterocycles. The number of urea groups is 1. The van der Waals surface area contributed by atoms with Gasteiger partial charge >= 0.3 is 6.03 Å². The molecule has 0 radical (unpaired) electrons. The molecule has 5 heteroatoms. The van der Waals surface area contributed by atoms with Crippen LogP contribution in [-0.2, 0) is 4.79 Å². The minimum absolute atomic E-state index is 0.238. The van der Waals surface area contributed by atoms with E-state index in [0.717, 1.165) is 10.5 Å². The number of imide groups is 1. The lowest BCUT2D eigenvalue weighted by molar-refractivity contribution is -0.121. The first-order chi connectivity index (χ1) is 8.11. The molecule has 1 aromatic carbocycles. The third-order valence-corrected chi connectivity index (χ3v) is 2.43. The lowest BCUT2D eigenvalue weighted by Crippen LogP contribution is -2.25. The minimum Gasteiger partial charge on any atom is -0.303 e. The zero-order valence-corrected chi connectivity index (χ0v) is 9.10. The van der Waals surface area contributed by atoms with Gasteiger partial charge in [0.2, 0.25) is 0 Å². The van der Waals surface area contributed by atoms with E-state index in [0.29, 0.717) is 5.56 Å². The Morgan fingerprint density at radius 1 is 1.29 bits per heavy atom. The van der Waals surface area contributed by atoms with Crippen LogP contribution >= 0.6 is 0 Å². The number of carbonyl (C=O) groups excluding carboxylic acids is 2. The molecule has 1 N–H and O–H groups in total. The molecule has 0 bridgehead atoms. The second kappa shape index (κ2) is 4.10. The average molecular weight is 227 g/mol. The van der Waals surface area contributed by atoms with E-state index < -0.39 is 6.03 Å². The Bertz CT molecular complexity index is 552. The summed E-state index contributed by atoms with van der Waals surface area (Å²) >= 11 is 0. The van der Waals surface area contributed by atoms with Crippen LogP contribution in [0.4, 0.5) is 4.79 Å². The normalized spacial score (nSPS) is 17.2. The van der Waals surface area contributed by atoms with Gasteiger partial charge in [-0.1, -0.05) is 12.1 Å². The van der Waals surface area contributed by atoms with Gasteiger partial charge in [0.15, 0.2) is 0 Å². The van der Waals surface area contributed by atoms with Crippen molar-refractivity contribution < 1.29 is 9.59 Å². The van der Waals surface area contributed by atoms with E-state index in [2.05, 4.69) is 5.32 Å². The van der Waals surface area contributed by atoms with Crippen LogP contribution < -0.4 is 5.32 Å². The van der Waals surface area contributed by atoms with Crippen molar-refractivity contribution in [2.75, 3.05) is 7.05 Å². The molecule has 1 heterocycles. The number of hydrogen-bond acceptors (Lipinski definition) is 3. The van der Waals surface area contributed by atoms with Gasteiger partial charge in [0, 0.05) is 7.05 Å². The third kappa shape index (κ3) is 2.01. The molecule has 17 heavy (non-hydrogen) atoms. The first kappa shape index (κ1) is 10.9. The molecule has 3 amide bonds. The molecule has 5 nitrogen and oxygen atoms in total. The number of benzene rings is 1. The number of rotatable bonds is 1. The van der Waals surface area contributed by atoms with E-state index in [-0.39, 0.29) is 11.6 Å². The highest BCUT2D eigenvalue weighted by molar-refractivity contribution is 6.13. The van der Waals surface area contributed by atoms with Crippen molar-refractivity contribution in [3.8, 4) is 6.07 Å². The van der Waals surface area contributed by atoms with E-state index in [4.69, 9.17) is 5.26 Å². The van der Waals surface area contributed by atoms with E-state index in [1.165, 1.54) is 7.05 Å². The van der Waals surface area contributed by atoms with Crippen LogP contribution in [0.2, 0.25) is 0 Å². The Labute approximate surface area is 98.0 Å². The van der Waals surface area contributed by atoms with Crippen LogP contribution in [0.15, 0.2) is 30.0 Å². The first-order valence-electron chi connectivity index (χ1n) is 4.92. The SMILES string of the molecule is CN1C(=O)N/C(=C/c2ccc(C#N)cc2)C1=O. The van der Waals surface area contributed by atoms with Crippen molar-refractivity contribution in [2.45, 2.75) is 0 Å². The van der Waals surface area contributed by atoms with Gasteiger partial charge in [-0.3, -0.25) is 9.69 Å². The van der Waals surface area contributed by atoms with Crippen molar-refractivity contribution in [3.63, 3.8) is 0 Å². The van der Waals surface area contributed by atoms with Crippen LogP contribution in [0.3, 0.4) is 0 Å². The van der Waals surface area contributed by atoms with Crippen LogP contribution in [0.1, 0.15) is 11.1 Å². The Morgan fingerprint density at radius 3 is 2.41 bits per heavy atom. The maximum atomic E-state index is 11.6. The number of carbonyl (C=O) groups is 2. The summed E-state index contributed by atoms with van der Waals surface area (Å²) in [6, 6.07) is 8.29. The quantitative estimate of drug-likeness (QED) is 0.576. The van der Waals surface area contributed by atoms with Crippen LogP contribution in [0.25, 0.3) is 6.08 Å². The summed E-state index contributed by atoms with van der Waals surface area (Å²) in [7, 11) is 1.41. The summed E-state index contributed by atoms with van der Waals surface area (Å²) in [5.74, 6) is -0.362. The number of hydrogen-bond donors (Lipinski definition) is 1. The van der Waals surface area contributed by atoms with Crippen molar-refractivity contribution >= 4 is 18.0 Å². The molecular weight excluding hydrogens is 218 g/mol. The van der Waals surface area contributed by atoms with Gasteiger partial charge in [0.25, 0.3) is 5.91 Å². The Balaban J connectivity index is 2.28. The zero-order chi connectivity index (χ0) is 12.4. The maximum Gasteiger partial charge on any atom is 0.328 e. The molecule has 0 atom stereocenters. The van der Waals surface area contributed by atoms with Crippen LogP contribution in [-0.4, -0.2) is 23.9 Å². The van der Waals surface area contributed by atoms with Gasteiger partial charge in [-0.15, -0.1) is 0 Å². The van der Waals surface area contributed by atoms with Crippen LogP contribution in [0, 0.1) is 11.3 Å². The summed E-state index contributed by atoms with van der Waals surface area (Å²) in [6.45, 7) is 0. The predicted molar refractivity (Wildman–Crippen MR) is 60.4 cm³/mol. The maximum absolute atomic E-state index is 11.6. The number of nitrogens with one attached hydrogen (secondary N) is 1. The molecule has 0 unspecified atom stereocenters. The molecule has 1 aliphatic heterocycles. The Morgan fingerprint density at radius 2 is 1.94 bits per heavy atom. The monoisotopic (exact) mass is 227 g/mol. The molecule has 1 fully saturated rings. The smallest absolute Gasteiger partial charge is 0.303 e. The van der Waals surface area contributed by atoms with E-state index in [9.17, 15) is 9.59 Å². The second-order valence-corrected chi connectivity index (χ2v) is 3.59. The van der Waals surface area contributed by atoms with Crippen LogP contribution in [0.5, 0.6) is 0 Å². The number of amides is 3. The lowest BCUT2D eigenvalue weighted by Gasteiger charge is -1.99.